The highest BCUT2D eigenvalue weighted by molar-refractivity contribution is 6.30. The van der Waals surface area contributed by atoms with E-state index in [0.29, 0.717) is 19.1 Å². The molecule has 0 fully saturated rings. The van der Waals surface area contributed by atoms with E-state index in [-0.39, 0.29) is 0 Å². The third-order valence-corrected chi connectivity index (χ3v) is 2.94. The van der Waals surface area contributed by atoms with Crippen molar-refractivity contribution in [2.45, 2.75) is 24.9 Å². The molecule has 1 atom stereocenters. The molecular formula is C11H9ClF6O. The van der Waals surface area contributed by atoms with Crippen LogP contribution in [-0.2, 0) is 16.5 Å². The number of hydrogen-bond donors (Lipinski definition) is 0. The van der Waals surface area contributed by atoms with Crippen molar-refractivity contribution in [1.29, 1.82) is 0 Å². The lowest BCUT2D eigenvalue weighted by Gasteiger charge is -2.31. The van der Waals surface area contributed by atoms with Crippen molar-refractivity contribution in [3.8, 4) is 0 Å². The molecule has 1 unspecified atom stereocenters. The molecule has 0 aliphatic rings. The Hall–Kier alpha value is -0.950. The molecule has 1 aromatic carbocycles. The minimum atomic E-state index is -4.88. The van der Waals surface area contributed by atoms with Crippen LogP contribution < -0.4 is 0 Å². The average Bonchev–Trinajstić information content (AvgIpc) is 2.24. The third kappa shape index (κ3) is 3.14. The summed E-state index contributed by atoms with van der Waals surface area (Å²) in [4.78, 5) is 0. The van der Waals surface area contributed by atoms with Crippen LogP contribution in [-0.4, -0.2) is 13.3 Å². The maximum Gasteiger partial charge on any atom is 0.421 e. The smallest absolute Gasteiger partial charge is 0.364 e. The van der Waals surface area contributed by atoms with Gasteiger partial charge in [0.1, 0.15) is 0 Å². The Morgan fingerprint density at radius 2 is 1.42 bits per heavy atom. The molecule has 1 nitrogen and oxygen atoms in total. The van der Waals surface area contributed by atoms with E-state index in [9.17, 15) is 26.3 Å². The van der Waals surface area contributed by atoms with Gasteiger partial charge in [0.05, 0.1) is 5.56 Å². The standard InChI is InChI=1S/C11H9ClF6O/c1-9(19-2,11(16,17)18)6-3-7(10(13,14)15)5-8(12)4-6/h3-5H,1-2H3. The van der Waals surface area contributed by atoms with E-state index in [1.807, 2.05) is 0 Å². The van der Waals surface area contributed by atoms with E-state index in [2.05, 4.69) is 4.74 Å². The summed E-state index contributed by atoms with van der Waals surface area (Å²) in [5, 5.41) is -0.447. The van der Waals surface area contributed by atoms with Gasteiger partial charge in [-0.1, -0.05) is 11.6 Å². The quantitative estimate of drug-likeness (QED) is 0.714. The molecule has 0 spiro atoms. The summed E-state index contributed by atoms with van der Waals surface area (Å²) in [6.07, 6.45) is -9.67. The molecule has 0 aliphatic carbocycles. The van der Waals surface area contributed by atoms with Crippen LogP contribution in [0.3, 0.4) is 0 Å². The molecule has 1 rings (SSSR count). The predicted molar refractivity (Wildman–Crippen MR) is 56.9 cm³/mol. The zero-order valence-corrected chi connectivity index (χ0v) is 10.5. The van der Waals surface area contributed by atoms with Gasteiger partial charge < -0.3 is 4.74 Å². The first-order chi connectivity index (χ1) is 8.41. The first-order valence-corrected chi connectivity index (χ1v) is 5.30. The summed E-state index contributed by atoms with van der Waals surface area (Å²) < 4.78 is 80.7. The van der Waals surface area contributed by atoms with E-state index in [1.165, 1.54) is 0 Å². The summed E-state index contributed by atoms with van der Waals surface area (Å²) >= 11 is 5.45. The molecule has 0 saturated carbocycles. The van der Waals surface area contributed by atoms with Crippen molar-refractivity contribution in [2.24, 2.45) is 0 Å². The van der Waals surface area contributed by atoms with Gasteiger partial charge in [-0.05, 0) is 30.7 Å². The summed E-state index contributed by atoms with van der Waals surface area (Å²) in [5.41, 5.74) is -4.83. The molecule has 0 heterocycles. The van der Waals surface area contributed by atoms with Gasteiger partial charge >= 0.3 is 12.4 Å². The molecule has 8 heteroatoms. The fraction of sp³-hybridized carbons (Fsp3) is 0.455. The van der Waals surface area contributed by atoms with E-state index in [1.54, 1.807) is 0 Å². The van der Waals surface area contributed by atoms with Crippen LogP contribution in [0.1, 0.15) is 18.1 Å². The summed E-state index contributed by atoms with van der Waals surface area (Å²) in [7, 11) is 0.766. The Kier molecular flexibility index (Phi) is 4.12. The summed E-state index contributed by atoms with van der Waals surface area (Å²) in [6.45, 7) is 0.638. The van der Waals surface area contributed by atoms with Gasteiger partial charge in [0.2, 0.25) is 0 Å². The Bertz CT molecular complexity index is 467. The van der Waals surface area contributed by atoms with Crippen molar-refractivity contribution < 1.29 is 31.1 Å². The van der Waals surface area contributed by atoms with Gasteiger partial charge in [0.15, 0.2) is 5.60 Å². The van der Waals surface area contributed by atoms with Crippen molar-refractivity contribution in [3.63, 3.8) is 0 Å². The van der Waals surface area contributed by atoms with Gasteiger partial charge in [0, 0.05) is 12.1 Å². The third-order valence-electron chi connectivity index (χ3n) is 2.73. The molecule has 0 saturated heterocycles. The summed E-state index contributed by atoms with van der Waals surface area (Å²) in [5.74, 6) is 0. The largest absolute Gasteiger partial charge is 0.421 e. The molecule has 0 radical (unpaired) electrons. The number of halogens is 7. The molecule has 0 N–H and O–H groups in total. The van der Waals surface area contributed by atoms with Crippen molar-refractivity contribution >= 4 is 11.6 Å². The van der Waals surface area contributed by atoms with E-state index in [4.69, 9.17) is 11.6 Å². The number of methoxy groups -OCH3 is 1. The highest BCUT2D eigenvalue weighted by Gasteiger charge is 2.53. The van der Waals surface area contributed by atoms with Gasteiger partial charge in [0.25, 0.3) is 0 Å². The van der Waals surface area contributed by atoms with Gasteiger partial charge in [-0.3, -0.25) is 0 Å². The second kappa shape index (κ2) is 4.86. The maximum atomic E-state index is 12.9. The molecule has 19 heavy (non-hydrogen) atoms. The molecule has 108 valence electrons. The van der Waals surface area contributed by atoms with Crippen LogP contribution in [0.2, 0.25) is 5.02 Å². The van der Waals surface area contributed by atoms with E-state index >= 15 is 0 Å². The SMILES string of the molecule is COC(C)(c1cc(Cl)cc(C(F)(F)F)c1)C(F)(F)F. The van der Waals surface area contributed by atoms with Crippen LogP contribution in [0.4, 0.5) is 26.3 Å². The second-order valence-electron chi connectivity index (χ2n) is 3.96. The van der Waals surface area contributed by atoms with Crippen molar-refractivity contribution in [1.82, 2.24) is 0 Å². The maximum absolute atomic E-state index is 12.9. The predicted octanol–water partition coefficient (Wildman–Crippen LogP) is 4.78. The van der Waals surface area contributed by atoms with E-state index in [0.717, 1.165) is 13.2 Å². The zero-order valence-electron chi connectivity index (χ0n) is 9.79. The first-order valence-electron chi connectivity index (χ1n) is 4.92. The Morgan fingerprint density at radius 3 is 1.79 bits per heavy atom. The van der Waals surface area contributed by atoms with Crippen LogP contribution in [0.25, 0.3) is 0 Å². The monoisotopic (exact) mass is 306 g/mol. The Balaban J connectivity index is 3.47. The van der Waals surface area contributed by atoms with E-state index < -0.39 is 34.1 Å². The number of alkyl halides is 6. The molecule has 1 aromatic rings. The Morgan fingerprint density at radius 1 is 0.947 bits per heavy atom. The minimum absolute atomic E-state index is 0.378. The van der Waals surface area contributed by atoms with Crippen LogP contribution in [0, 0.1) is 0 Å². The highest BCUT2D eigenvalue weighted by Crippen LogP contribution is 2.43. The topological polar surface area (TPSA) is 9.23 Å². The molecular weight excluding hydrogens is 298 g/mol. The van der Waals surface area contributed by atoms with Crippen molar-refractivity contribution in [3.05, 3.63) is 34.3 Å². The van der Waals surface area contributed by atoms with Gasteiger partial charge in [-0.15, -0.1) is 0 Å². The van der Waals surface area contributed by atoms with Crippen LogP contribution in [0.5, 0.6) is 0 Å². The molecule has 0 aromatic heterocycles. The first kappa shape index (κ1) is 16.1. The van der Waals surface area contributed by atoms with Gasteiger partial charge in [-0.25, -0.2) is 0 Å². The highest BCUT2D eigenvalue weighted by atomic mass is 35.5. The van der Waals surface area contributed by atoms with Gasteiger partial charge in [-0.2, -0.15) is 26.3 Å². The zero-order chi connectivity index (χ0) is 15.1. The van der Waals surface area contributed by atoms with Crippen LogP contribution >= 0.6 is 11.6 Å². The van der Waals surface area contributed by atoms with Crippen LogP contribution in [0.15, 0.2) is 18.2 Å². The Labute approximate surface area is 110 Å². The second-order valence-corrected chi connectivity index (χ2v) is 4.40. The number of benzene rings is 1. The normalized spacial score (nSPS) is 16.3. The lowest BCUT2D eigenvalue weighted by Crippen LogP contribution is -2.41. The molecule has 0 amide bonds. The average molecular weight is 307 g/mol. The fourth-order valence-corrected chi connectivity index (χ4v) is 1.66. The minimum Gasteiger partial charge on any atom is -0.364 e. The number of ether oxygens (including phenoxy) is 1. The molecule has 0 aliphatic heterocycles. The molecule has 0 bridgehead atoms. The van der Waals surface area contributed by atoms with Crippen molar-refractivity contribution in [2.75, 3.05) is 7.11 Å². The number of rotatable bonds is 2. The number of hydrogen-bond acceptors (Lipinski definition) is 1. The summed E-state index contributed by atoms with van der Waals surface area (Å²) in [6, 6.07) is 1.73. The lowest BCUT2D eigenvalue weighted by molar-refractivity contribution is -0.269. The fourth-order valence-electron chi connectivity index (χ4n) is 1.43. The lowest BCUT2D eigenvalue weighted by atomic mass is 9.93.